The van der Waals surface area contributed by atoms with Crippen LogP contribution >= 0.6 is 0 Å². The van der Waals surface area contributed by atoms with Crippen LogP contribution in [-0.4, -0.2) is 37.1 Å². The van der Waals surface area contributed by atoms with Gasteiger partial charge < -0.3 is 10.2 Å². The van der Waals surface area contributed by atoms with Gasteiger partial charge in [0.25, 0.3) is 0 Å². The maximum Gasteiger partial charge on any atom is 0.00796 e. The molecule has 0 aromatic heterocycles. The molecule has 15 heavy (non-hydrogen) atoms. The summed E-state index contributed by atoms with van der Waals surface area (Å²) in [6.07, 6.45) is 2.66. The van der Waals surface area contributed by atoms with Gasteiger partial charge in [-0.2, -0.15) is 0 Å². The number of rotatable bonds is 6. The lowest BCUT2D eigenvalue weighted by Gasteiger charge is -2.28. The Bertz CT molecular complexity index is 170. The fourth-order valence-corrected chi connectivity index (χ4v) is 2.40. The molecule has 1 aliphatic rings. The van der Waals surface area contributed by atoms with Gasteiger partial charge in [-0.3, -0.25) is 0 Å². The fourth-order valence-electron chi connectivity index (χ4n) is 2.40. The van der Waals surface area contributed by atoms with Crippen LogP contribution in [0.3, 0.4) is 0 Å². The molecule has 0 aliphatic carbocycles. The summed E-state index contributed by atoms with van der Waals surface area (Å²) in [6, 6.07) is 0.719. The van der Waals surface area contributed by atoms with Gasteiger partial charge in [0.2, 0.25) is 0 Å². The first-order chi connectivity index (χ1) is 7.17. The van der Waals surface area contributed by atoms with Gasteiger partial charge in [0.05, 0.1) is 0 Å². The summed E-state index contributed by atoms with van der Waals surface area (Å²) < 4.78 is 0. The summed E-state index contributed by atoms with van der Waals surface area (Å²) in [4.78, 5) is 2.63. The van der Waals surface area contributed by atoms with E-state index in [1.54, 1.807) is 0 Å². The van der Waals surface area contributed by atoms with Gasteiger partial charge in [0, 0.05) is 19.1 Å². The van der Waals surface area contributed by atoms with Crippen LogP contribution in [-0.2, 0) is 0 Å². The largest absolute Gasteiger partial charge is 0.314 e. The molecule has 0 bridgehead atoms. The third kappa shape index (κ3) is 4.12. The minimum atomic E-state index is 0.719. The molecule has 1 aliphatic heterocycles. The molecule has 1 N–H and O–H groups in total. The van der Waals surface area contributed by atoms with Crippen LogP contribution in [0.4, 0.5) is 0 Å². The van der Waals surface area contributed by atoms with E-state index in [0.717, 1.165) is 17.9 Å². The minimum absolute atomic E-state index is 0.719. The van der Waals surface area contributed by atoms with Gasteiger partial charge in [-0.15, -0.1) is 0 Å². The molecule has 0 saturated carbocycles. The fraction of sp³-hybridized carbons (Fsp3) is 1.00. The molecule has 1 heterocycles. The Morgan fingerprint density at radius 1 is 1.40 bits per heavy atom. The van der Waals surface area contributed by atoms with E-state index in [1.165, 1.54) is 39.0 Å². The zero-order chi connectivity index (χ0) is 11.3. The Morgan fingerprint density at radius 3 is 2.60 bits per heavy atom. The van der Waals surface area contributed by atoms with E-state index in [9.17, 15) is 0 Å². The lowest BCUT2D eigenvalue weighted by Crippen LogP contribution is -2.36. The van der Waals surface area contributed by atoms with Crippen molar-refractivity contribution in [2.45, 2.75) is 46.6 Å². The summed E-state index contributed by atoms with van der Waals surface area (Å²) in [5.74, 6) is 1.71. The molecule has 0 radical (unpaired) electrons. The molecule has 1 rings (SSSR count). The van der Waals surface area contributed by atoms with Crippen molar-refractivity contribution in [2.24, 2.45) is 11.8 Å². The van der Waals surface area contributed by atoms with Crippen LogP contribution < -0.4 is 5.32 Å². The Kier molecular flexibility index (Phi) is 5.62. The van der Waals surface area contributed by atoms with Crippen LogP contribution in [0, 0.1) is 11.8 Å². The van der Waals surface area contributed by atoms with E-state index in [4.69, 9.17) is 0 Å². The van der Waals surface area contributed by atoms with Crippen LogP contribution in [0.5, 0.6) is 0 Å². The lowest BCUT2D eigenvalue weighted by molar-refractivity contribution is 0.204. The topological polar surface area (TPSA) is 15.3 Å². The second-order valence-corrected chi connectivity index (χ2v) is 5.16. The van der Waals surface area contributed by atoms with E-state index >= 15 is 0 Å². The number of hydrogen-bond acceptors (Lipinski definition) is 2. The molecule has 0 aromatic rings. The summed E-state index contributed by atoms with van der Waals surface area (Å²) in [7, 11) is 0. The molecular weight excluding hydrogens is 184 g/mol. The van der Waals surface area contributed by atoms with Crippen molar-refractivity contribution in [1.82, 2.24) is 10.2 Å². The van der Waals surface area contributed by atoms with Crippen LogP contribution in [0.1, 0.15) is 40.5 Å². The highest BCUT2D eigenvalue weighted by molar-refractivity contribution is 4.82. The van der Waals surface area contributed by atoms with Crippen molar-refractivity contribution in [1.29, 1.82) is 0 Å². The molecule has 90 valence electrons. The van der Waals surface area contributed by atoms with E-state index in [-0.39, 0.29) is 0 Å². The Labute approximate surface area is 95.4 Å². The first-order valence-electron chi connectivity index (χ1n) is 6.63. The molecule has 2 nitrogen and oxygen atoms in total. The zero-order valence-electron chi connectivity index (χ0n) is 10.9. The summed E-state index contributed by atoms with van der Waals surface area (Å²) >= 11 is 0. The Morgan fingerprint density at radius 2 is 2.13 bits per heavy atom. The maximum absolute atomic E-state index is 3.54. The van der Waals surface area contributed by atoms with Crippen molar-refractivity contribution >= 4 is 0 Å². The lowest BCUT2D eigenvalue weighted by atomic mass is 10.0. The monoisotopic (exact) mass is 212 g/mol. The Balaban J connectivity index is 2.32. The highest BCUT2D eigenvalue weighted by atomic mass is 15.1. The number of nitrogens with one attached hydrogen (secondary N) is 1. The van der Waals surface area contributed by atoms with E-state index in [2.05, 4.69) is 37.9 Å². The predicted molar refractivity (Wildman–Crippen MR) is 67.1 cm³/mol. The quantitative estimate of drug-likeness (QED) is 0.727. The van der Waals surface area contributed by atoms with E-state index in [1.807, 2.05) is 0 Å². The van der Waals surface area contributed by atoms with Crippen LogP contribution in [0.25, 0.3) is 0 Å². The first kappa shape index (κ1) is 13.0. The third-order valence-electron chi connectivity index (χ3n) is 3.90. The summed E-state index contributed by atoms with van der Waals surface area (Å²) in [5.41, 5.74) is 0. The SMILES string of the molecule is CCC(C)CN(CC)CC1CCNC1C. The average molecular weight is 212 g/mol. The molecule has 0 amide bonds. The standard InChI is InChI=1S/C13H28N2/c1-5-11(3)9-15(6-2)10-13-7-8-14-12(13)4/h11-14H,5-10H2,1-4H3. The van der Waals surface area contributed by atoms with Gasteiger partial charge in [0.15, 0.2) is 0 Å². The van der Waals surface area contributed by atoms with Crippen LogP contribution in [0.15, 0.2) is 0 Å². The summed E-state index contributed by atoms with van der Waals surface area (Å²) in [6.45, 7) is 14.2. The van der Waals surface area contributed by atoms with Gasteiger partial charge >= 0.3 is 0 Å². The van der Waals surface area contributed by atoms with Crippen molar-refractivity contribution in [3.05, 3.63) is 0 Å². The molecule has 0 aromatic carbocycles. The third-order valence-corrected chi connectivity index (χ3v) is 3.90. The number of hydrogen-bond donors (Lipinski definition) is 1. The molecule has 3 unspecified atom stereocenters. The molecule has 1 fully saturated rings. The van der Waals surface area contributed by atoms with Gasteiger partial charge in [-0.25, -0.2) is 0 Å². The van der Waals surface area contributed by atoms with E-state index in [0.29, 0.717) is 0 Å². The van der Waals surface area contributed by atoms with Crippen molar-refractivity contribution in [3.8, 4) is 0 Å². The first-order valence-corrected chi connectivity index (χ1v) is 6.63. The minimum Gasteiger partial charge on any atom is -0.314 e. The molecule has 2 heteroatoms. The molecule has 3 atom stereocenters. The second-order valence-electron chi connectivity index (χ2n) is 5.16. The highest BCUT2D eigenvalue weighted by Crippen LogP contribution is 2.17. The van der Waals surface area contributed by atoms with E-state index < -0.39 is 0 Å². The normalized spacial score (nSPS) is 28.6. The number of nitrogens with zero attached hydrogens (tertiary/aromatic N) is 1. The van der Waals surface area contributed by atoms with Gasteiger partial charge in [-0.1, -0.05) is 27.2 Å². The average Bonchev–Trinajstić information content (AvgIpc) is 2.63. The predicted octanol–water partition coefficient (Wildman–Crippen LogP) is 2.35. The van der Waals surface area contributed by atoms with Crippen molar-refractivity contribution in [2.75, 3.05) is 26.2 Å². The van der Waals surface area contributed by atoms with Gasteiger partial charge in [-0.05, 0) is 38.3 Å². The second kappa shape index (κ2) is 6.49. The molecule has 1 saturated heterocycles. The molecule has 0 spiro atoms. The van der Waals surface area contributed by atoms with Gasteiger partial charge in [0.1, 0.15) is 0 Å². The Hall–Kier alpha value is -0.0800. The summed E-state index contributed by atoms with van der Waals surface area (Å²) in [5, 5.41) is 3.54. The zero-order valence-corrected chi connectivity index (χ0v) is 10.9. The smallest absolute Gasteiger partial charge is 0.00796 e. The maximum atomic E-state index is 3.54. The van der Waals surface area contributed by atoms with Crippen molar-refractivity contribution in [3.63, 3.8) is 0 Å². The van der Waals surface area contributed by atoms with Crippen LogP contribution in [0.2, 0.25) is 0 Å². The van der Waals surface area contributed by atoms with Crippen molar-refractivity contribution < 1.29 is 0 Å². The highest BCUT2D eigenvalue weighted by Gasteiger charge is 2.24. The molecular formula is C13H28N2.